The van der Waals surface area contributed by atoms with Crippen LogP contribution in [0.15, 0.2) is 18.2 Å². The van der Waals surface area contributed by atoms with Crippen molar-refractivity contribution in [2.45, 2.75) is 31.7 Å². The number of hydrogen-bond acceptors (Lipinski definition) is 3. The van der Waals surface area contributed by atoms with Gasteiger partial charge in [-0.1, -0.05) is 6.07 Å². The second-order valence-corrected chi connectivity index (χ2v) is 5.49. The van der Waals surface area contributed by atoms with Gasteiger partial charge in [0.05, 0.1) is 17.0 Å². The van der Waals surface area contributed by atoms with E-state index in [1.807, 2.05) is 0 Å². The molecule has 1 aromatic carbocycles. The molecule has 5 nitrogen and oxygen atoms in total. The fraction of sp³-hybridized carbons (Fsp3) is 0.400. The van der Waals surface area contributed by atoms with Gasteiger partial charge in [0.15, 0.2) is 0 Å². The smallest absolute Gasteiger partial charge is 0.306 e. The number of fused-ring (bicyclic) bond motifs is 1. The zero-order chi connectivity index (χ0) is 15.1. The largest absolute Gasteiger partial charge is 0.481 e. The second kappa shape index (κ2) is 4.95. The lowest BCUT2D eigenvalue weighted by atomic mass is 9.85. The lowest BCUT2D eigenvalue weighted by molar-refractivity contribution is -0.143. The van der Waals surface area contributed by atoms with E-state index in [1.165, 1.54) is 12.1 Å². The molecule has 1 saturated carbocycles. The first-order chi connectivity index (χ1) is 10.0. The van der Waals surface area contributed by atoms with Gasteiger partial charge < -0.3 is 5.11 Å². The summed E-state index contributed by atoms with van der Waals surface area (Å²) in [6.07, 6.45) is 1.75. The second-order valence-electron chi connectivity index (χ2n) is 5.49. The Labute approximate surface area is 120 Å². The number of benzene rings is 1. The molecule has 2 amide bonds. The quantitative estimate of drug-likeness (QED) is 0.846. The van der Waals surface area contributed by atoms with Crippen LogP contribution in [0.1, 0.15) is 46.4 Å². The molecule has 1 fully saturated rings. The average molecular weight is 291 g/mol. The maximum atomic E-state index is 13.7. The summed E-state index contributed by atoms with van der Waals surface area (Å²) in [7, 11) is 0. The van der Waals surface area contributed by atoms with E-state index in [2.05, 4.69) is 0 Å². The van der Waals surface area contributed by atoms with Gasteiger partial charge in [0, 0.05) is 6.04 Å². The van der Waals surface area contributed by atoms with E-state index >= 15 is 0 Å². The van der Waals surface area contributed by atoms with Gasteiger partial charge in [0.2, 0.25) is 0 Å². The van der Waals surface area contributed by atoms with Crippen LogP contribution >= 0.6 is 0 Å². The van der Waals surface area contributed by atoms with Crippen LogP contribution in [0.4, 0.5) is 4.39 Å². The van der Waals surface area contributed by atoms with Gasteiger partial charge in [-0.15, -0.1) is 0 Å². The van der Waals surface area contributed by atoms with E-state index in [9.17, 15) is 18.8 Å². The highest BCUT2D eigenvalue weighted by molar-refractivity contribution is 6.21. The van der Waals surface area contributed by atoms with E-state index < -0.39 is 29.5 Å². The standard InChI is InChI=1S/C15H14FNO4/c16-11-3-1-2-10-12(11)14(19)17(13(10)18)9-6-4-8(5-7-9)15(20)21/h1-3,8-9H,4-7H2,(H,20,21). The molecule has 1 aliphatic heterocycles. The zero-order valence-corrected chi connectivity index (χ0v) is 11.2. The number of halogens is 1. The predicted octanol–water partition coefficient (Wildman–Crippen LogP) is 2.07. The highest BCUT2D eigenvalue weighted by Gasteiger charge is 2.43. The number of carboxylic acid groups (broad SMARTS) is 1. The summed E-state index contributed by atoms with van der Waals surface area (Å²) in [6.45, 7) is 0. The number of rotatable bonds is 2. The molecule has 0 spiro atoms. The molecule has 1 aromatic rings. The summed E-state index contributed by atoms with van der Waals surface area (Å²) in [6, 6.07) is 3.67. The van der Waals surface area contributed by atoms with Crippen molar-refractivity contribution in [3.05, 3.63) is 35.1 Å². The Kier molecular flexibility index (Phi) is 3.23. The minimum Gasteiger partial charge on any atom is -0.481 e. The Morgan fingerprint density at radius 2 is 1.81 bits per heavy atom. The van der Waals surface area contributed by atoms with E-state index in [4.69, 9.17) is 5.11 Å². The van der Waals surface area contributed by atoms with Crippen LogP contribution in [0, 0.1) is 11.7 Å². The number of aliphatic carboxylic acids is 1. The summed E-state index contributed by atoms with van der Waals surface area (Å²) in [5.74, 6) is -3.04. The lowest BCUT2D eigenvalue weighted by Crippen LogP contribution is -2.42. The van der Waals surface area contributed by atoms with Crippen LogP contribution in [0.5, 0.6) is 0 Å². The van der Waals surface area contributed by atoms with E-state index in [-0.39, 0.29) is 17.2 Å². The Hall–Kier alpha value is -2.24. The van der Waals surface area contributed by atoms with Gasteiger partial charge in [-0.2, -0.15) is 0 Å². The first-order valence-electron chi connectivity index (χ1n) is 6.90. The maximum Gasteiger partial charge on any atom is 0.306 e. The van der Waals surface area contributed by atoms with Gasteiger partial charge in [-0.05, 0) is 37.8 Å². The van der Waals surface area contributed by atoms with Crippen LogP contribution in [0.2, 0.25) is 0 Å². The van der Waals surface area contributed by atoms with Gasteiger partial charge >= 0.3 is 5.97 Å². The fourth-order valence-corrected chi connectivity index (χ4v) is 3.17. The Bertz CT molecular complexity index is 635. The number of carbonyl (C=O) groups is 3. The summed E-state index contributed by atoms with van der Waals surface area (Å²) in [4.78, 5) is 36.6. The molecule has 3 rings (SSSR count). The number of imide groups is 1. The topological polar surface area (TPSA) is 74.7 Å². The summed E-state index contributed by atoms with van der Waals surface area (Å²) >= 11 is 0. The normalized spacial score (nSPS) is 25.1. The third-order valence-corrected chi connectivity index (χ3v) is 4.31. The molecule has 0 saturated heterocycles. The third kappa shape index (κ3) is 2.11. The highest BCUT2D eigenvalue weighted by Crippen LogP contribution is 2.33. The van der Waals surface area contributed by atoms with Crippen molar-refractivity contribution in [2.75, 3.05) is 0 Å². The molecule has 0 bridgehead atoms. The minimum absolute atomic E-state index is 0.0976. The Morgan fingerprint density at radius 1 is 1.14 bits per heavy atom. The summed E-state index contributed by atoms with van der Waals surface area (Å²) in [5.41, 5.74) is -0.0665. The van der Waals surface area contributed by atoms with Crippen molar-refractivity contribution in [3.8, 4) is 0 Å². The van der Waals surface area contributed by atoms with Crippen LogP contribution in [-0.2, 0) is 4.79 Å². The van der Waals surface area contributed by atoms with Crippen molar-refractivity contribution in [2.24, 2.45) is 5.92 Å². The number of hydrogen-bond donors (Lipinski definition) is 1. The van der Waals surface area contributed by atoms with Crippen molar-refractivity contribution in [1.29, 1.82) is 0 Å². The van der Waals surface area contributed by atoms with Crippen LogP contribution in [0.25, 0.3) is 0 Å². The van der Waals surface area contributed by atoms with Crippen LogP contribution < -0.4 is 0 Å². The molecule has 0 unspecified atom stereocenters. The van der Waals surface area contributed by atoms with Crippen LogP contribution in [-0.4, -0.2) is 33.8 Å². The third-order valence-electron chi connectivity index (χ3n) is 4.31. The zero-order valence-electron chi connectivity index (χ0n) is 11.2. The monoisotopic (exact) mass is 291 g/mol. The average Bonchev–Trinajstić information content (AvgIpc) is 2.72. The summed E-state index contributed by atoms with van der Waals surface area (Å²) < 4.78 is 13.7. The Balaban J connectivity index is 1.83. The van der Waals surface area contributed by atoms with Crippen molar-refractivity contribution in [1.82, 2.24) is 4.90 Å². The highest BCUT2D eigenvalue weighted by atomic mass is 19.1. The SMILES string of the molecule is O=C(O)C1CCC(N2C(=O)c3cccc(F)c3C2=O)CC1. The maximum absolute atomic E-state index is 13.7. The fourth-order valence-electron chi connectivity index (χ4n) is 3.17. The molecule has 110 valence electrons. The lowest BCUT2D eigenvalue weighted by Gasteiger charge is -2.31. The van der Waals surface area contributed by atoms with E-state index in [0.717, 1.165) is 11.0 Å². The first kappa shape index (κ1) is 13.7. The Morgan fingerprint density at radius 3 is 2.38 bits per heavy atom. The summed E-state index contributed by atoms with van der Waals surface area (Å²) in [5, 5.41) is 8.98. The number of amides is 2. The predicted molar refractivity (Wildman–Crippen MR) is 70.3 cm³/mol. The molecule has 1 N–H and O–H groups in total. The van der Waals surface area contributed by atoms with Gasteiger partial charge in [0.25, 0.3) is 11.8 Å². The molecule has 0 radical (unpaired) electrons. The molecular formula is C15H14FNO4. The molecule has 21 heavy (non-hydrogen) atoms. The molecule has 1 aliphatic carbocycles. The van der Waals surface area contributed by atoms with E-state index in [1.54, 1.807) is 0 Å². The first-order valence-corrected chi connectivity index (χ1v) is 6.90. The number of carbonyl (C=O) groups excluding carboxylic acids is 2. The van der Waals surface area contributed by atoms with Crippen molar-refractivity contribution >= 4 is 17.8 Å². The molecule has 0 aromatic heterocycles. The van der Waals surface area contributed by atoms with Crippen LogP contribution in [0.3, 0.4) is 0 Å². The van der Waals surface area contributed by atoms with Crippen molar-refractivity contribution < 1.29 is 23.9 Å². The van der Waals surface area contributed by atoms with Gasteiger partial charge in [-0.25, -0.2) is 4.39 Å². The molecule has 2 aliphatic rings. The van der Waals surface area contributed by atoms with E-state index in [0.29, 0.717) is 25.7 Å². The van der Waals surface area contributed by atoms with Gasteiger partial charge in [-0.3, -0.25) is 19.3 Å². The molecule has 1 heterocycles. The molecular weight excluding hydrogens is 277 g/mol. The van der Waals surface area contributed by atoms with Crippen molar-refractivity contribution in [3.63, 3.8) is 0 Å². The minimum atomic E-state index is -0.846. The molecule has 0 atom stereocenters. The number of carboxylic acids is 1. The molecule has 6 heteroatoms. The van der Waals surface area contributed by atoms with Gasteiger partial charge in [0.1, 0.15) is 5.82 Å². The number of nitrogens with zero attached hydrogens (tertiary/aromatic N) is 1.